The fourth-order valence-electron chi connectivity index (χ4n) is 2.49. The van der Waals surface area contributed by atoms with Crippen LogP contribution in [0, 0.1) is 0 Å². The molecule has 1 aromatic rings. The van der Waals surface area contributed by atoms with E-state index in [1.54, 1.807) is 13.8 Å². The molecule has 1 aromatic carbocycles. The summed E-state index contributed by atoms with van der Waals surface area (Å²) in [4.78, 5) is 36.5. The Morgan fingerprint density at radius 2 is 1.87 bits per heavy atom. The third-order valence-corrected chi connectivity index (χ3v) is 3.80. The molecule has 4 amide bonds. The van der Waals surface area contributed by atoms with Crippen LogP contribution in [0.15, 0.2) is 30.3 Å². The molecule has 2 rings (SSSR count). The standard InChI is InChI=1S/C17H23N3O3/c1-17(2)15(22)20(16(23)19-17)12-14(21)18-11-7-6-10-13-8-4-3-5-9-13/h3-5,8-9H,6-7,10-12H2,1-2H3,(H,18,21)(H,19,23). The number of imide groups is 1. The number of nitrogens with one attached hydrogen (secondary N) is 2. The number of hydrogen-bond acceptors (Lipinski definition) is 3. The van der Waals surface area contributed by atoms with Gasteiger partial charge in [-0.25, -0.2) is 4.79 Å². The van der Waals surface area contributed by atoms with Crippen molar-refractivity contribution in [1.29, 1.82) is 0 Å². The average Bonchev–Trinajstić information content (AvgIpc) is 2.70. The summed E-state index contributed by atoms with van der Waals surface area (Å²) in [5.41, 5.74) is 0.341. The summed E-state index contributed by atoms with van der Waals surface area (Å²) in [6.07, 6.45) is 2.80. The van der Waals surface area contributed by atoms with Crippen LogP contribution in [0.2, 0.25) is 0 Å². The SMILES string of the molecule is CC1(C)NC(=O)N(CC(=O)NCCCCc2ccccc2)C1=O. The number of amides is 4. The minimum Gasteiger partial charge on any atom is -0.355 e. The number of benzene rings is 1. The van der Waals surface area contributed by atoms with E-state index in [1.165, 1.54) is 5.56 Å². The van der Waals surface area contributed by atoms with Gasteiger partial charge in [0.25, 0.3) is 5.91 Å². The quantitative estimate of drug-likeness (QED) is 0.590. The van der Waals surface area contributed by atoms with Crippen LogP contribution in [-0.2, 0) is 16.0 Å². The first-order chi connectivity index (χ1) is 10.9. The van der Waals surface area contributed by atoms with Gasteiger partial charge in [-0.1, -0.05) is 30.3 Å². The largest absolute Gasteiger partial charge is 0.355 e. The minimum atomic E-state index is -0.937. The average molecular weight is 317 g/mol. The Hall–Kier alpha value is -2.37. The van der Waals surface area contributed by atoms with Crippen molar-refractivity contribution in [1.82, 2.24) is 15.5 Å². The number of nitrogens with zero attached hydrogens (tertiary/aromatic N) is 1. The number of aryl methyl sites for hydroxylation is 1. The molecule has 0 unspecified atom stereocenters. The van der Waals surface area contributed by atoms with Gasteiger partial charge in [-0.3, -0.25) is 14.5 Å². The van der Waals surface area contributed by atoms with Crippen LogP contribution < -0.4 is 10.6 Å². The van der Waals surface area contributed by atoms with E-state index in [0.29, 0.717) is 6.54 Å². The zero-order chi connectivity index (χ0) is 16.9. The second-order valence-electron chi connectivity index (χ2n) is 6.24. The molecule has 6 nitrogen and oxygen atoms in total. The van der Waals surface area contributed by atoms with Gasteiger partial charge < -0.3 is 10.6 Å². The predicted octanol–water partition coefficient (Wildman–Crippen LogP) is 1.46. The lowest BCUT2D eigenvalue weighted by Crippen LogP contribution is -2.43. The van der Waals surface area contributed by atoms with Gasteiger partial charge in [0.1, 0.15) is 12.1 Å². The minimum absolute atomic E-state index is 0.229. The molecule has 0 radical (unpaired) electrons. The fourth-order valence-corrected chi connectivity index (χ4v) is 2.49. The molecule has 1 aliphatic heterocycles. The number of carbonyl (C=O) groups is 3. The molecule has 6 heteroatoms. The van der Waals surface area contributed by atoms with Crippen molar-refractivity contribution in [2.24, 2.45) is 0 Å². The van der Waals surface area contributed by atoms with Crippen LogP contribution in [0.25, 0.3) is 0 Å². The molecule has 124 valence electrons. The van der Waals surface area contributed by atoms with E-state index in [2.05, 4.69) is 22.8 Å². The van der Waals surface area contributed by atoms with Crippen LogP contribution in [0.3, 0.4) is 0 Å². The topological polar surface area (TPSA) is 78.5 Å². The van der Waals surface area contributed by atoms with Crippen LogP contribution in [0.5, 0.6) is 0 Å². The van der Waals surface area contributed by atoms with Crippen molar-refractivity contribution >= 4 is 17.8 Å². The van der Waals surface area contributed by atoms with E-state index in [1.807, 2.05) is 18.2 Å². The van der Waals surface area contributed by atoms with Crippen molar-refractivity contribution < 1.29 is 14.4 Å². The number of urea groups is 1. The predicted molar refractivity (Wildman–Crippen MR) is 86.7 cm³/mol. The number of unbranched alkanes of at least 4 members (excludes halogenated alkanes) is 1. The second kappa shape index (κ2) is 7.26. The van der Waals surface area contributed by atoms with Crippen LogP contribution >= 0.6 is 0 Å². The second-order valence-corrected chi connectivity index (χ2v) is 6.24. The Kier molecular flexibility index (Phi) is 5.36. The number of rotatable bonds is 7. The first-order valence-corrected chi connectivity index (χ1v) is 7.85. The lowest BCUT2D eigenvalue weighted by molar-refractivity contribution is -0.134. The molecule has 1 saturated heterocycles. The van der Waals surface area contributed by atoms with Crippen molar-refractivity contribution in [2.75, 3.05) is 13.1 Å². The third-order valence-electron chi connectivity index (χ3n) is 3.80. The third kappa shape index (κ3) is 4.55. The van der Waals surface area contributed by atoms with E-state index in [0.717, 1.165) is 24.2 Å². The lowest BCUT2D eigenvalue weighted by atomic mass is 10.1. The summed E-state index contributed by atoms with van der Waals surface area (Å²) in [5, 5.41) is 5.30. The van der Waals surface area contributed by atoms with Crippen LogP contribution in [0.4, 0.5) is 4.79 Å². The zero-order valence-corrected chi connectivity index (χ0v) is 13.6. The van der Waals surface area contributed by atoms with Crippen LogP contribution in [-0.4, -0.2) is 41.4 Å². The first kappa shape index (κ1) is 17.0. The Morgan fingerprint density at radius 1 is 1.17 bits per heavy atom. The molecule has 2 N–H and O–H groups in total. The molecule has 1 fully saturated rings. The van der Waals surface area contributed by atoms with E-state index in [9.17, 15) is 14.4 Å². The fraction of sp³-hybridized carbons (Fsp3) is 0.471. The summed E-state index contributed by atoms with van der Waals surface area (Å²) >= 11 is 0. The molecule has 1 aliphatic rings. The Balaban J connectivity index is 1.66. The molecular weight excluding hydrogens is 294 g/mol. The lowest BCUT2D eigenvalue weighted by Gasteiger charge is -2.15. The Bertz CT molecular complexity index is 584. The molecule has 0 bridgehead atoms. The van der Waals surface area contributed by atoms with Crippen molar-refractivity contribution in [3.63, 3.8) is 0 Å². The molecule has 23 heavy (non-hydrogen) atoms. The van der Waals surface area contributed by atoms with Gasteiger partial charge in [-0.15, -0.1) is 0 Å². The van der Waals surface area contributed by atoms with Crippen molar-refractivity contribution in [3.8, 4) is 0 Å². The molecule has 0 aliphatic carbocycles. The van der Waals surface area contributed by atoms with Crippen molar-refractivity contribution in [2.45, 2.75) is 38.6 Å². The molecule has 0 spiro atoms. The highest BCUT2D eigenvalue weighted by Crippen LogP contribution is 2.15. The van der Waals surface area contributed by atoms with Gasteiger partial charge in [-0.2, -0.15) is 0 Å². The van der Waals surface area contributed by atoms with E-state index in [-0.39, 0.29) is 18.4 Å². The maximum Gasteiger partial charge on any atom is 0.325 e. The summed E-state index contributed by atoms with van der Waals surface area (Å²) in [6, 6.07) is 9.66. The van der Waals surface area contributed by atoms with Gasteiger partial charge in [0, 0.05) is 6.54 Å². The summed E-state index contributed by atoms with van der Waals surface area (Å²) < 4.78 is 0. The van der Waals surface area contributed by atoms with Gasteiger partial charge >= 0.3 is 6.03 Å². The maximum atomic E-state index is 12.0. The van der Waals surface area contributed by atoms with E-state index >= 15 is 0 Å². The summed E-state index contributed by atoms with van der Waals surface area (Å²) in [5.74, 6) is -0.687. The van der Waals surface area contributed by atoms with E-state index in [4.69, 9.17) is 0 Å². The molecule has 1 heterocycles. The highest BCUT2D eigenvalue weighted by molar-refractivity contribution is 6.08. The van der Waals surface area contributed by atoms with Gasteiger partial charge in [0.05, 0.1) is 0 Å². The smallest absolute Gasteiger partial charge is 0.325 e. The Morgan fingerprint density at radius 3 is 2.48 bits per heavy atom. The van der Waals surface area contributed by atoms with Gasteiger partial charge in [-0.05, 0) is 38.7 Å². The van der Waals surface area contributed by atoms with Crippen molar-refractivity contribution in [3.05, 3.63) is 35.9 Å². The first-order valence-electron chi connectivity index (χ1n) is 7.85. The molecule has 0 atom stereocenters. The molecule has 0 aromatic heterocycles. The Labute approximate surface area is 136 Å². The summed E-state index contributed by atoms with van der Waals surface area (Å²) in [7, 11) is 0. The monoisotopic (exact) mass is 317 g/mol. The highest BCUT2D eigenvalue weighted by Gasteiger charge is 2.44. The normalized spacial score (nSPS) is 16.3. The van der Waals surface area contributed by atoms with Gasteiger partial charge in [0.2, 0.25) is 5.91 Å². The maximum absolute atomic E-state index is 12.0. The number of hydrogen-bond donors (Lipinski definition) is 2. The van der Waals surface area contributed by atoms with E-state index < -0.39 is 11.6 Å². The number of carbonyl (C=O) groups excluding carboxylic acids is 3. The highest BCUT2D eigenvalue weighted by atomic mass is 16.2. The van der Waals surface area contributed by atoms with Crippen LogP contribution in [0.1, 0.15) is 32.3 Å². The van der Waals surface area contributed by atoms with Gasteiger partial charge in [0.15, 0.2) is 0 Å². The molecular formula is C17H23N3O3. The summed E-state index contributed by atoms with van der Waals surface area (Å²) in [6.45, 7) is 3.55. The zero-order valence-electron chi connectivity index (χ0n) is 13.6. The molecule has 0 saturated carbocycles.